The van der Waals surface area contributed by atoms with Crippen molar-refractivity contribution in [2.45, 2.75) is 86.5 Å². The van der Waals surface area contributed by atoms with Crippen molar-refractivity contribution in [3.05, 3.63) is 0 Å². The van der Waals surface area contributed by atoms with E-state index in [1.807, 2.05) is 0 Å². The summed E-state index contributed by atoms with van der Waals surface area (Å²) in [6, 6.07) is 0.299. The van der Waals surface area contributed by atoms with Gasteiger partial charge in [0.15, 0.2) is 0 Å². The fourth-order valence-corrected chi connectivity index (χ4v) is 3.98. The van der Waals surface area contributed by atoms with Crippen molar-refractivity contribution in [3.63, 3.8) is 0 Å². The van der Waals surface area contributed by atoms with Gasteiger partial charge in [0.2, 0.25) is 5.91 Å². The summed E-state index contributed by atoms with van der Waals surface area (Å²) < 4.78 is 5.87. The average molecular weight is 312 g/mol. The lowest BCUT2D eigenvalue weighted by Crippen LogP contribution is -2.49. The van der Waals surface area contributed by atoms with Gasteiger partial charge in [-0.2, -0.15) is 0 Å². The van der Waals surface area contributed by atoms with E-state index in [0.717, 1.165) is 19.4 Å². The molecular weight excluding hydrogens is 274 g/mol. The Morgan fingerprint density at radius 2 is 1.55 bits per heavy atom. The molecule has 4 atom stereocenters. The first-order chi connectivity index (χ1) is 10.2. The van der Waals surface area contributed by atoms with Crippen LogP contribution in [0.15, 0.2) is 0 Å². The minimum Gasteiger partial charge on any atom is -0.376 e. The van der Waals surface area contributed by atoms with E-state index in [-0.39, 0.29) is 18.1 Å². The van der Waals surface area contributed by atoms with Crippen molar-refractivity contribution in [2.75, 3.05) is 6.54 Å². The van der Waals surface area contributed by atoms with E-state index < -0.39 is 0 Å². The topological polar surface area (TPSA) is 29.5 Å². The molecule has 0 radical (unpaired) electrons. The maximum atomic E-state index is 13.3. The minimum absolute atomic E-state index is 0.120. The van der Waals surface area contributed by atoms with Crippen LogP contribution in [0.3, 0.4) is 0 Å². The molecule has 0 bridgehead atoms. The second-order valence-corrected chi connectivity index (χ2v) is 7.87. The zero-order chi connectivity index (χ0) is 17.0. The van der Waals surface area contributed by atoms with Gasteiger partial charge in [-0.1, -0.05) is 27.7 Å². The van der Waals surface area contributed by atoms with Crippen LogP contribution in [-0.4, -0.2) is 35.6 Å². The van der Waals surface area contributed by atoms with Crippen LogP contribution in [0.2, 0.25) is 0 Å². The second-order valence-electron chi connectivity index (χ2n) is 7.87. The van der Waals surface area contributed by atoms with Gasteiger partial charge in [-0.05, 0) is 58.3 Å². The summed E-state index contributed by atoms with van der Waals surface area (Å²) in [6.45, 7) is 18.1. The molecule has 3 heteroatoms. The summed E-state index contributed by atoms with van der Waals surface area (Å²) in [5, 5.41) is 0. The monoisotopic (exact) mass is 311 g/mol. The highest BCUT2D eigenvalue weighted by molar-refractivity contribution is 5.79. The molecule has 1 fully saturated rings. The third-order valence-corrected chi connectivity index (χ3v) is 5.33. The van der Waals surface area contributed by atoms with Crippen LogP contribution in [-0.2, 0) is 9.53 Å². The molecule has 0 aliphatic carbocycles. The third-order valence-electron chi connectivity index (χ3n) is 5.33. The molecule has 0 N–H and O–H groups in total. The molecule has 0 aromatic rings. The largest absolute Gasteiger partial charge is 0.376 e. The van der Waals surface area contributed by atoms with Gasteiger partial charge in [-0.15, -0.1) is 0 Å². The van der Waals surface area contributed by atoms with E-state index in [1.54, 1.807) is 0 Å². The number of hydrogen-bond donors (Lipinski definition) is 0. The molecule has 1 amide bonds. The SMILES string of the molecule is CCN(C(=O)C(C(C)C)C1CC(C)OC(C)C1)C(C)C(C)C. The lowest BCUT2D eigenvalue weighted by Gasteiger charge is -2.41. The van der Waals surface area contributed by atoms with E-state index >= 15 is 0 Å². The molecule has 4 unspecified atom stereocenters. The van der Waals surface area contributed by atoms with Crippen LogP contribution in [0.1, 0.15) is 68.2 Å². The number of carbonyl (C=O) groups excluding carboxylic acids is 1. The molecule has 1 rings (SSSR count). The Morgan fingerprint density at radius 3 is 1.91 bits per heavy atom. The van der Waals surface area contributed by atoms with Gasteiger partial charge in [0.05, 0.1) is 12.2 Å². The molecule has 1 saturated heterocycles. The molecule has 0 spiro atoms. The molecular formula is C19H37NO2. The summed E-state index contributed by atoms with van der Waals surface area (Å²) in [4.78, 5) is 15.4. The molecule has 0 aromatic carbocycles. The molecule has 0 aromatic heterocycles. The van der Waals surface area contributed by atoms with Crippen molar-refractivity contribution in [3.8, 4) is 0 Å². The zero-order valence-corrected chi connectivity index (χ0v) is 15.9. The lowest BCUT2D eigenvalue weighted by atomic mass is 9.75. The van der Waals surface area contributed by atoms with Gasteiger partial charge in [0, 0.05) is 18.5 Å². The Kier molecular flexibility index (Phi) is 7.37. The normalized spacial score (nSPS) is 28.7. The first-order valence-corrected chi connectivity index (χ1v) is 9.14. The first-order valence-electron chi connectivity index (χ1n) is 9.14. The van der Waals surface area contributed by atoms with E-state index in [0.29, 0.717) is 29.7 Å². The third kappa shape index (κ3) is 4.71. The Morgan fingerprint density at radius 1 is 1.05 bits per heavy atom. The number of ether oxygens (including phenoxy) is 1. The predicted octanol–water partition coefficient (Wildman–Crippen LogP) is 4.36. The fourth-order valence-electron chi connectivity index (χ4n) is 3.98. The average Bonchev–Trinajstić information content (AvgIpc) is 2.37. The van der Waals surface area contributed by atoms with Crippen LogP contribution >= 0.6 is 0 Å². The molecule has 0 saturated carbocycles. The van der Waals surface area contributed by atoms with E-state index in [2.05, 4.69) is 60.3 Å². The quantitative estimate of drug-likeness (QED) is 0.729. The van der Waals surface area contributed by atoms with Gasteiger partial charge in [0.25, 0.3) is 0 Å². The van der Waals surface area contributed by atoms with E-state index in [4.69, 9.17) is 4.74 Å². The highest BCUT2D eigenvalue weighted by Gasteiger charge is 2.39. The van der Waals surface area contributed by atoms with Crippen molar-refractivity contribution < 1.29 is 9.53 Å². The van der Waals surface area contributed by atoms with Gasteiger partial charge >= 0.3 is 0 Å². The number of hydrogen-bond acceptors (Lipinski definition) is 2. The van der Waals surface area contributed by atoms with Crippen molar-refractivity contribution in [1.29, 1.82) is 0 Å². The standard InChI is InChI=1S/C19H37NO2/c1-9-20(16(8)12(2)3)19(21)18(13(4)5)17-10-14(6)22-15(7)11-17/h12-18H,9-11H2,1-8H3. The lowest BCUT2D eigenvalue weighted by molar-refractivity contribution is -0.146. The van der Waals surface area contributed by atoms with Gasteiger partial charge < -0.3 is 9.64 Å². The van der Waals surface area contributed by atoms with Crippen LogP contribution in [0.25, 0.3) is 0 Å². The van der Waals surface area contributed by atoms with Crippen LogP contribution < -0.4 is 0 Å². The second kappa shape index (κ2) is 8.33. The Bertz CT molecular complexity index is 343. The Balaban J connectivity index is 2.95. The van der Waals surface area contributed by atoms with E-state index in [9.17, 15) is 4.79 Å². The predicted molar refractivity (Wildman–Crippen MR) is 92.7 cm³/mol. The molecule has 22 heavy (non-hydrogen) atoms. The number of carbonyl (C=O) groups is 1. The van der Waals surface area contributed by atoms with Gasteiger partial charge in [-0.3, -0.25) is 4.79 Å². The Labute approximate surface area is 137 Å². The molecule has 130 valence electrons. The minimum atomic E-state index is 0.120. The van der Waals surface area contributed by atoms with Gasteiger partial charge in [0.1, 0.15) is 0 Å². The number of nitrogens with zero attached hydrogens (tertiary/aromatic N) is 1. The molecule has 1 aliphatic heterocycles. The highest BCUT2D eigenvalue weighted by atomic mass is 16.5. The number of rotatable bonds is 6. The maximum absolute atomic E-state index is 13.3. The molecule has 3 nitrogen and oxygen atoms in total. The Hall–Kier alpha value is -0.570. The van der Waals surface area contributed by atoms with Crippen LogP contribution in [0, 0.1) is 23.7 Å². The maximum Gasteiger partial charge on any atom is 0.226 e. The first kappa shape index (κ1) is 19.5. The van der Waals surface area contributed by atoms with Crippen LogP contribution in [0.4, 0.5) is 0 Å². The van der Waals surface area contributed by atoms with Crippen molar-refractivity contribution in [1.82, 2.24) is 4.90 Å². The summed E-state index contributed by atoms with van der Waals surface area (Å²) >= 11 is 0. The van der Waals surface area contributed by atoms with Crippen molar-refractivity contribution in [2.24, 2.45) is 23.7 Å². The summed E-state index contributed by atoms with van der Waals surface area (Å²) in [6.07, 6.45) is 2.54. The highest BCUT2D eigenvalue weighted by Crippen LogP contribution is 2.36. The fraction of sp³-hybridized carbons (Fsp3) is 0.947. The summed E-state index contributed by atoms with van der Waals surface area (Å²) in [7, 11) is 0. The van der Waals surface area contributed by atoms with Crippen LogP contribution in [0.5, 0.6) is 0 Å². The van der Waals surface area contributed by atoms with Gasteiger partial charge in [-0.25, -0.2) is 0 Å². The number of amides is 1. The smallest absolute Gasteiger partial charge is 0.226 e. The van der Waals surface area contributed by atoms with Crippen molar-refractivity contribution >= 4 is 5.91 Å². The summed E-state index contributed by atoms with van der Waals surface area (Å²) in [5.41, 5.74) is 0. The molecule has 1 aliphatic rings. The van der Waals surface area contributed by atoms with E-state index in [1.165, 1.54) is 0 Å². The zero-order valence-electron chi connectivity index (χ0n) is 15.9. The summed E-state index contributed by atoms with van der Waals surface area (Å²) in [5.74, 6) is 1.78. The molecule has 1 heterocycles.